The normalized spacial score (nSPS) is 14.8. The average Bonchev–Trinajstić information content (AvgIpc) is 1.84. The van der Waals surface area contributed by atoms with Gasteiger partial charge in [0, 0.05) is 8.07 Å². The Balaban J connectivity index is 3.40. The third kappa shape index (κ3) is 8.28. The monoisotopic (exact) mass is 187 g/mol. The molecule has 0 aromatic rings. The predicted molar refractivity (Wildman–Crippen MR) is 60.5 cm³/mol. The van der Waals surface area contributed by atoms with Crippen molar-refractivity contribution in [2.45, 2.75) is 46.0 Å². The highest BCUT2D eigenvalue weighted by molar-refractivity contribution is 6.76. The molecule has 1 unspecified atom stereocenters. The first-order valence-corrected chi connectivity index (χ1v) is 8.87. The van der Waals surface area contributed by atoms with E-state index in [-0.39, 0.29) is 0 Å². The molecule has 0 heterocycles. The molecular weight excluding hydrogens is 162 g/mol. The lowest BCUT2D eigenvalue weighted by Gasteiger charge is -2.21. The van der Waals surface area contributed by atoms with Gasteiger partial charge in [-0.25, -0.2) is 0 Å². The molecule has 0 saturated carbocycles. The molecule has 0 radical (unpaired) electrons. The van der Waals surface area contributed by atoms with E-state index in [4.69, 9.17) is 0 Å². The number of hydrogen-bond donors (Lipinski definition) is 1. The maximum atomic E-state index is 3.48. The molecule has 0 spiro atoms. The Bertz CT molecular complexity index is 107. The average molecular weight is 187 g/mol. The molecule has 1 nitrogen and oxygen atoms in total. The van der Waals surface area contributed by atoms with E-state index in [0.29, 0.717) is 0 Å². The standard InChI is InChI=1S/C10H25NSi/c1-6-7-11-8-10(2)9-12(3,4)5/h10-11H,6-9H2,1-5H3. The fraction of sp³-hybridized carbons (Fsp3) is 1.00. The number of rotatable bonds is 6. The third-order valence-corrected chi connectivity index (χ3v) is 3.80. The molecule has 0 saturated heterocycles. The Morgan fingerprint density at radius 2 is 1.83 bits per heavy atom. The lowest BCUT2D eigenvalue weighted by Crippen LogP contribution is -2.29. The predicted octanol–water partition coefficient (Wildman–Crippen LogP) is 2.96. The Morgan fingerprint density at radius 1 is 1.25 bits per heavy atom. The van der Waals surface area contributed by atoms with Crippen LogP contribution in [-0.4, -0.2) is 21.2 Å². The molecule has 0 aliphatic carbocycles. The molecule has 12 heavy (non-hydrogen) atoms. The molecule has 0 aromatic heterocycles. The smallest absolute Gasteiger partial charge is 0.0445 e. The topological polar surface area (TPSA) is 12.0 Å². The van der Waals surface area contributed by atoms with Gasteiger partial charge in [-0.05, 0) is 25.4 Å². The third-order valence-electron chi connectivity index (χ3n) is 1.88. The van der Waals surface area contributed by atoms with Gasteiger partial charge in [0.1, 0.15) is 0 Å². The molecule has 0 aromatic carbocycles. The summed E-state index contributed by atoms with van der Waals surface area (Å²) in [5.74, 6) is 0.864. The van der Waals surface area contributed by atoms with Crippen LogP contribution < -0.4 is 5.32 Å². The minimum absolute atomic E-state index is 0.820. The zero-order valence-corrected chi connectivity index (χ0v) is 10.4. The molecule has 2 heteroatoms. The zero-order chi connectivity index (χ0) is 9.61. The van der Waals surface area contributed by atoms with Crippen LogP contribution in [0.25, 0.3) is 0 Å². The highest BCUT2D eigenvalue weighted by Crippen LogP contribution is 2.15. The molecule has 1 N–H and O–H groups in total. The maximum Gasteiger partial charge on any atom is 0.0445 e. The van der Waals surface area contributed by atoms with Gasteiger partial charge >= 0.3 is 0 Å². The van der Waals surface area contributed by atoms with Crippen LogP contribution in [0.5, 0.6) is 0 Å². The second kappa shape index (κ2) is 5.76. The second-order valence-electron chi connectivity index (χ2n) is 5.07. The SMILES string of the molecule is CCCNCC(C)C[Si](C)(C)C. The van der Waals surface area contributed by atoms with Crippen LogP contribution in [0.4, 0.5) is 0 Å². The van der Waals surface area contributed by atoms with Gasteiger partial charge in [-0.15, -0.1) is 0 Å². The quantitative estimate of drug-likeness (QED) is 0.498. The first-order valence-electron chi connectivity index (χ1n) is 5.16. The Hall–Kier alpha value is 0.177. The van der Waals surface area contributed by atoms with E-state index in [2.05, 4.69) is 38.8 Å². The summed E-state index contributed by atoms with van der Waals surface area (Å²) in [5.41, 5.74) is 0. The maximum absolute atomic E-state index is 3.48. The fourth-order valence-electron chi connectivity index (χ4n) is 1.64. The summed E-state index contributed by atoms with van der Waals surface area (Å²) in [7, 11) is -0.820. The van der Waals surface area contributed by atoms with E-state index in [0.717, 1.165) is 5.92 Å². The highest BCUT2D eigenvalue weighted by Gasteiger charge is 2.16. The van der Waals surface area contributed by atoms with Gasteiger partial charge in [0.25, 0.3) is 0 Å². The Morgan fingerprint density at radius 3 is 2.25 bits per heavy atom. The van der Waals surface area contributed by atoms with Gasteiger partial charge in [0.15, 0.2) is 0 Å². The van der Waals surface area contributed by atoms with E-state index in [9.17, 15) is 0 Å². The summed E-state index contributed by atoms with van der Waals surface area (Å²) in [5, 5.41) is 3.48. The van der Waals surface area contributed by atoms with E-state index in [1.807, 2.05) is 0 Å². The van der Waals surface area contributed by atoms with Gasteiger partial charge in [-0.3, -0.25) is 0 Å². The summed E-state index contributed by atoms with van der Waals surface area (Å²) in [4.78, 5) is 0. The second-order valence-corrected chi connectivity index (χ2v) is 10.6. The van der Waals surface area contributed by atoms with E-state index in [1.54, 1.807) is 0 Å². The molecule has 74 valence electrons. The van der Waals surface area contributed by atoms with Gasteiger partial charge in [-0.1, -0.05) is 39.5 Å². The molecule has 0 bridgehead atoms. The van der Waals surface area contributed by atoms with Crippen LogP contribution in [0, 0.1) is 5.92 Å². The minimum atomic E-state index is -0.820. The highest BCUT2D eigenvalue weighted by atomic mass is 28.3. The van der Waals surface area contributed by atoms with Crippen molar-refractivity contribution in [3.63, 3.8) is 0 Å². The Kier molecular flexibility index (Phi) is 5.84. The van der Waals surface area contributed by atoms with Crippen molar-refractivity contribution in [3.8, 4) is 0 Å². The molecule has 0 fully saturated rings. The summed E-state index contributed by atoms with van der Waals surface area (Å²) in [6.45, 7) is 14.3. The van der Waals surface area contributed by atoms with Crippen LogP contribution in [0.15, 0.2) is 0 Å². The van der Waals surface area contributed by atoms with Gasteiger partial charge in [0.05, 0.1) is 0 Å². The fourth-order valence-corrected chi connectivity index (χ4v) is 3.88. The zero-order valence-electron chi connectivity index (χ0n) is 9.41. The summed E-state index contributed by atoms with van der Waals surface area (Å²) in [6, 6.07) is 1.45. The van der Waals surface area contributed by atoms with Crippen LogP contribution in [-0.2, 0) is 0 Å². The van der Waals surface area contributed by atoms with Crippen molar-refractivity contribution in [2.75, 3.05) is 13.1 Å². The van der Waals surface area contributed by atoms with Gasteiger partial charge in [-0.2, -0.15) is 0 Å². The van der Waals surface area contributed by atoms with Crippen molar-refractivity contribution in [2.24, 2.45) is 5.92 Å². The number of nitrogens with one attached hydrogen (secondary N) is 1. The lowest BCUT2D eigenvalue weighted by molar-refractivity contribution is 0.545. The molecule has 0 amide bonds. The Labute approximate surface area is 79.0 Å². The number of hydrogen-bond acceptors (Lipinski definition) is 1. The van der Waals surface area contributed by atoms with Gasteiger partial charge in [0.2, 0.25) is 0 Å². The molecule has 0 aliphatic rings. The van der Waals surface area contributed by atoms with Crippen LogP contribution in [0.3, 0.4) is 0 Å². The van der Waals surface area contributed by atoms with Crippen molar-refractivity contribution in [1.29, 1.82) is 0 Å². The van der Waals surface area contributed by atoms with Crippen molar-refractivity contribution >= 4 is 8.07 Å². The molecule has 1 atom stereocenters. The van der Waals surface area contributed by atoms with Crippen LogP contribution >= 0.6 is 0 Å². The first kappa shape index (κ1) is 12.2. The summed E-state index contributed by atoms with van der Waals surface area (Å²) in [6.07, 6.45) is 1.25. The molecule has 0 aliphatic heterocycles. The lowest BCUT2D eigenvalue weighted by atomic mass is 10.2. The summed E-state index contributed by atoms with van der Waals surface area (Å²) >= 11 is 0. The largest absolute Gasteiger partial charge is 0.316 e. The molecular formula is C10H25NSi. The van der Waals surface area contributed by atoms with Crippen LogP contribution in [0.1, 0.15) is 20.3 Å². The summed E-state index contributed by atoms with van der Waals surface area (Å²) < 4.78 is 0. The van der Waals surface area contributed by atoms with E-state index in [1.165, 1.54) is 25.6 Å². The first-order chi connectivity index (χ1) is 5.45. The van der Waals surface area contributed by atoms with Crippen molar-refractivity contribution < 1.29 is 0 Å². The molecule has 0 rings (SSSR count). The van der Waals surface area contributed by atoms with Gasteiger partial charge < -0.3 is 5.32 Å². The van der Waals surface area contributed by atoms with E-state index >= 15 is 0 Å². The van der Waals surface area contributed by atoms with Crippen molar-refractivity contribution in [3.05, 3.63) is 0 Å². The van der Waals surface area contributed by atoms with Crippen LogP contribution in [0.2, 0.25) is 25.7 Å². The van der Waals surface area contributed by atoms with E-state index < -0.39 is 8.07 Å². The minimum Gasteiger partial charge on any atom is -0.316 e. The van der Waals surface area contributed by atoms with Crippen molar-refractivity contribution in [1.82, 2.24) is 5.32 Å².